The smallest absolute Gasteiger partial charge is 0.453 e. The summed E-state index contributed by atoms with van der Waals surface area (Å²) in [5, 5.41) is 8.13. The summed E-state index contributed by atoms with van der Waals surface area (Å²) < 4.78 is 134. The van der Waals surface area contributed by atoms with E-state index in [9.17, 15) is 44.3 Å². The van der Waals surface area contributed by atoms with Gasteiger partial charge in [-0.3, -0.25) is 4.79 Å². The fourth-order valence-electron chi connectivity index (χ4n) is 6.74. The predicted molar refractivity (Wildman–Crippen MR) is 190 cm³/mol. The highest BCUT2D eigenvalue weighted by molar-refractivity contribution is 7.89. The third kappa shape index (κ3) is 10.3. The first-order chi connectivity index (χ1) is 26.5. The van der Waals surface area contributed by atoms with Gasteiger partial charge in [-0.1, -0.05) is 18.2 Å². The summed E-state index contributed by atoms with van der Waals surface area (Å²) in [5.74, 6) is -6.18. The van der Waals surface area contributed by atoms with Crippen LogP contribution < -0.4 is 20.7 Å². The minimum atomic E-state index is -4.96. The minimum absolute atomic E-state index is 0.0177. The molecule has 5 rings (SSSR count). The molecule has 300 valence electrons. The molecular weight excluding hydrogens is 773 g/mol. The van der Waals surface area contributed by atoms with E-state index in [4.69, 9.17) is 4.74 Å². The number of alkyl carbamates (subject to hydrolysis) is 1. The molecule has 1 saturated heterocycles. The summed E-state index contributed by atoms with van der Waals surface area (Å²) in [7, 11) is -3.19. The van der Waals surface area contributed by atoms with Crippen LogP contribution >= 0.6 is 0 Å². The van der Waals surface area contributed by atoms with E-state index in [1.54, 1.807) is 6.92 Å². The normalized spacial score (nSPS) is 17.4. The van der Waals surface area contributed by atoms with Crippen LogP contribution in [0.4, 0.5) is 41.2 Å². The molecule has 3 N–H and O–H groups in total. The molecule has 10 nitrogen and oxygen atoms in total. The Hall–Kier alpha value is -5.20. The summed E-state index contributed by atoms with van der Waals surface area (Å²) >= 11 is 0. The number of hydrogen-bond acceptors (Lipinski definition) is 7. The van der Waals surface area contributed by atoms with Crippen molar-refractivity contribution < 1.29 is 58.2 Å². The molecule has 0 bridgehead atoms. The number of alkyl halides is 3. The molecule has 1 fully saturated rings. The Morgan fingerprint density at radius 1 is 0.893 bits per heavy atom. The maximum Gasteiger partial charge on any atom is 0.573 e. The molecule has 0 saturated carbocycles. The summed E-state index contributed by atoms with van der Waals surface area (Å²) in [6, 6.07) is 12.0. The van der Waals surface area contributed by atoms with Crippen LogP contribution in [0.15, 0.2) is 89.8 Å². The molecule has 0 radical (unpaired) electrons. The zero-order valence-corrected chi connectivity index (χ0v) is 30.7. The molecule has 18 heteroatoms. The number of sulfonamides is 1. The van der Waals surface area contributed by atoms with E-state index in [1.165, 1.54) is 28.6 Å². The number of nitrogens with one attached hydrogen (secondary N) is 3. The second-order valence-corrected chi connectivity index (χ2v) is 14.9. The van der Waals surface area contributed by atoms with E-state index in [2.05, 4.69) is 20.7 Å². The van der Waals surface area contributed by atoms with Crippen LogP contribution in [0.5, 0.6) is 5.75 Å². The zero-order valence-electron chi connectivity index (χ0n) is 29.9. The monoisotopic (exact) mass is 810 g/mol. The third-order valence-corrected chi connectivity index (χ3v) is 11.2. The van der Waals surface area contributed by atoms with Gasteiger partial charge in [-0.25, -0.2) is 30.8 Å². The number of ether oxygens (including phenoxy) is 2. The Labute approximate surface area is 318 Å². The van der Waals surface area contributed by atoms with E-state index < -0.39 is 81.4 Å². The molecule has 1 heterocycles. The van der Waals surface area contributed by atoms with Gasteiger partial charge in [0, 0.05) is 48.4 Å². The molecule has 0 aliphatic carbocycles. The summed E-state index contributed by atoms with van der Waals surface area (Å²) in [6.07, 6.45) is -5.68. The fourth-order valence-corrected chi connectivity index (χ4v) is 8.58. The van der Waals surface area contributed by atoms with Gasteiger partial charge < -0.3 is 25.4 Å². The van der Waals surface area contributed by atoms with Crippen LogP contribution in [0, 0.1) is 23.3 Å². The number of amides is 2. The van der Waals surface area contributed by atoms with Crippen molar-refractivity contribution in [1.29, 1.82) is 0 Å². The number of rotatable bonds is 13. The van der Waals surface area contributed by atoms with Crippen LogP contribution in [0.3, 0.4) is 0 Å². The van der Waals surface area contributed by atoms with Crippen molar-refractivity contribution in [3.05, 3.63) is 125 Å². The van der Waals surface area contributed by atoms with Crippen molar-refractivity contribution in [3.8, 4) is 5.75 Å². The summed E-state index contributed by atoms with van der Waals surface area (Å²) in [5.41, 5.74) is 0.105. The topological polar surface area (TPSA) is 126 Å². The van der Waals surface area contributed by atoms with Crippen LogP contribution in [0.25, 0.3) is 0 Å². The molecule has 1 aliphatic rings. The Morgan fingerprint density at radius 3 is 2.18 bits per heavy atom. The number of piperazine rings is 1. The molecule has 1 aliphatic heterocycles. The molecule has 56 heavy (non-hydrogen) atoms. The molecule has 4 aromatic rings. The number of methoxy groups -OCH3 is 1. The third-order valence-electron chi connectivity index (χ3n) is 9.14. The zero-order chi connectivity index (χ0) is 40.8. The highest BCUT2D eigenvalue weighted by atomic mass is 32.2. The summed E-state index contributed by atoms with van der Waals surface area (Å²) in [4.78, 5) is 26.4. The molecular formula is C38H37F7N4O6S. The fraction of sp³-hybridized carbons (Fsp3) is 0.316. The van der Waals surface area contributed by atoms with Crippen molar-refractivity contribution in [2.75, 3.05) is 25.5 Å². The van der Waals surface area contributed by atoms with Gasteiger partial charge in [-0.2, -0.15) is 4.31 Å². The average molecular weight is 811 g/mol. The number of anilines is 1. The Bertz CT molecular complexity index is 2100. The molecule has 2 amide bonds. The lowest BCUT2D eigenvalue weighted by molar-refractivity contribution is -0.274. The predicted octanol–water partition coefficient (Wildman–Crippen LogP) is 7.01. The van der Waals surface area contributed by atoms with Gasteiger partial charge in [0.25, 0.3) is 0 Å². The lowest BCUT2D eigenvalue weighted by Crippen LogP contribution is -2.58. The number of carbonyl (C=O) groups is 2. The van der Waals surface area contributed by atoms with E-state index in [0.717, 1.165) is 61.7 Å². The van der Waals surface area contributed by atoms with Gasteiger partial charge in [0.05, 0.1) is 12.0 Å². The van der Waals surface area contributed by atoms with Gasteiger partial charge in [-0.15, -0.1) is 13.2 Å². The first-order valence-corrected chi connectivity index (χ1v) is 18.6. The first-order valence-electron chi connectivity index (χ1n) is 17.2. The van der Waals surface area contributed by atoms with Gasteiger partial charge in [0.15, 0.2) is 0 Å². The van der Waals surface area contributed by atoms with Crippen LogP contribution in [0.1, 0.15) is 42.4 Å². The second-order valence-electron chi connectivity index (χ2n) is 13.0. The van der Waals surface area contributed by atoms with Gasteiger partial charge in [-0.05, 0) is 98.0 Å². The van der Waals surface area contributed by atoms with Crippen molar-refractivity contribution in [3.63, 3.8) is 0 Å². The maximum atomic E-state index is 15.5. The lowest BCUT2D eigenvalue weighted by atomic mass is 9.84. The van der Waals surface area contributed by atoms with E-state index in [1.807, 2.05) is 0 Å². The number of benzene rings is 4. The number of nitrogens with zero attached hydrogens (tertiary/aromatic N) is 1. The van der Waals surface area contributed by atoms with E-state index in [-0.39, 0.29) is 59.6 Å². The number of carbonyl (C=O) groups excluding carboxylic acids is 2. The Kier molecular flexibility index (Phi) is 13.3. The van der Waals surface area contributed by atoms with Crippen LogP contribution in [-0.4, -0.2) is 69.4 Å². The molecule has 4 atom stereocenters. The SMILES string of the molecule is COC(=O)NC(C(=O)Nc1cccc(F)c1CCCC1CNCC(C)N1S(=O)(=O)c1ccc(OC(F)(F)F)cc1)C(c1ccc(F)cc1)c1cc(F)cc(F)c1. The van der Waals surface area contributed by atoms with Crippen molar-refractivity contribution in [2.45, 2.75) is 61.5 Å². The highest BCUT2D eigenvalue weighted by Gasteiger charge is 2.39. The van der Waals surface area contributed by atoms with Crippen LogP contribution in [0.2, 0.25) is 0 Å². The van der Waals surface area contributed by atoms with Gasteiger partial charge >= 0.3 is 12.5 Å². The minimum Gasteiger partial charge on any atom is -0.453 e. The highest BCUT2D eigenvalue weighted by Crippen LogP contribution is 2.33. The van der Waals surface area contributed by atoms with Crippen molar-refractivity contribution >= 4 is 27.7 Å². The second kappa shape index (κ2) is 17.7. The molecule has 0 spiro atoms. The number of hydrogen-bond donors (Lipinski definition) is 3. The maximum absolute atomic E-state index is 15.5. The Balaban J connectivity index is 1.38. The van der Waals surface area contributed by atoms with Gasteiger partial charge in [0.2, 0.25) is 15.9 Å². The Morgan fingerprint density at radius 2 is 1.55 bits per heavy atom. The van der Waals surface area contributed by atoms with Crippen molar-refractivity contribution in [1.82, 2.24) is 14.9 Å². The standard InChI is InChI=1S/C38H37F7N4O6S/c1-22-20-46-21-28(49(22)56(52,53)30-15-13-29(14-16-30)55-38(43,44)45)5-3-6-31-32(42)7-4-8-33(31)47-36(50)35(48-37(51)54-2)34(23-9-11-25(39)12-10-23)24-17-26(40)19-27(41)18-24/h4,7-19,22,28,34-35,46H,3,5-6,20-21H2,1-2H3,(H,47,50)(H,48,51). The largest absolute Gasteiger partial charge is 0.573 e. The summed E-state index contributed by atoms with van der Waals surface area (Å²) in [6.45, 7) is 2.17. The van der Waals surface area contributed by atoms with Crippen molar-refractivity contribution in [2.24, 2.45) is 0 Å². The van der Waals surface area contributed by atoms with Crippen LogP contribution in [-0.2, 0) is 26.0 Å². The lowest BCUT2D eigenvalue weighted by Gasteiger charge is -2.40. The first kappa shape index (κ1) is 42.0. The average Bonchev–Trinajstić information content (AvgIpc) is 3.12. The number of halogens is 7. The molecule has 4 aromatic carbocycles. The quantitative estimate of drug-likeness (QED) is 0.124. The molecule has 0 aromatic heterocycles. The van der Waals surface area contributed by atoms with E-state index >= 15 is 4.39 Å². The van der Waals surface area contributed by atoms with E-state index in [0.29, 0.717) is 6.07 Å². The molecule has 4 unspecified atom stereocenters. The van der Waals surface area contributed by atoms with Gasteiger partial charge in [0.1, 0.15) is 35.1 Å².